The number of hydrogen-bond donors (Lipinski definition) is 1. The lowest BCUT2D eigenvalue weighted by molar-refractivity contribution is -0.135. The lowest BCUT2D eigenvalue weighted by atomic mass is 9.82. The molecule has 2 amide bonds. The van der Waals surface area contributed by atoms with Crippen LogP contribution in [0.15, 0.2) is 46.7 Å². The minimum atomic E-state index is -1.10. The zero-order chi connectivity index (χ0) is 27.7. The van der Waals surface area contributed by atoms with Crippen LogP contribution in [0.1, 0.15) is 63.3 Å². The Morgan fingerprint density at radius 3 is 2.64 bits per heavy atom. The number of rotatable bonds is 9. The highest BCUT2D eigenvalue weighted by molar-refractivity contribution is 6.22. The van der Waals surface area contributed by atoms with Crippen LogP contribution in [0.25, 0.3) is 5.52 Å². The van der Waals surface area contributed by atoms with E-state index < -0.39 is 17.0 Å². The molecule has 39 heavy (non-hydrogen) atoms. The van der Waals surface area contributed by atoms with Crippen LogP contribution < -0.4 is 10.2 Å². The maximum atomic E-state index is 14.6. The third-order valence-electron chi connectivity index (χ3n) is 7.05. The average molecular weight is 537 g/mol. The first-order valence-electron chi connectivity index (χ1n) is 13.1. The van der Waals surface area contributed by atoms with Crippen LogP contribution in [0.2, 0.25) is 0 Å². The van der Waals surface area contributed by atoms with Gasteiger partial charge in [-0.3, -0.25) is 9.59 Å². The van der Waals surface area contributed by atoms with Gasteiger partial charge in [-0.25, -0.2) is 19.3 Å². The fourth-order valence-corrected chi connectivity index (χ4v) is 4.86. The number of amides is 2. The topological polar surface area (TPSA) is 101 Å². The van der Waals surface area contributed by atoms with Gasteiger partial charge in [0.25, 0.3) is 5.91 Å². The van der Waals surface area contributed by atoms with E-state index in [1.54, 1.807) is 0 Å². The van der Waals surface area contributed by atoms with Gasteiger partial charge < -0.3 is 4.74 Å². The van der Waals surface area contributed by atoms with E-state index in [0.29, 0.717) is 31.5 Å². The number of unbranched alkanes of at least 4 members (excludes halogenated alkanes) is 1. The van der Waals surface area contributed by atoms with E-state index in [4.69, 9.17) is 9.84 Å². The Morgan fingerprint density at radius 2 is 1.90 bits per heavy atom. The summed E-state index contributed by atoms with van der Waals surface area (Å²) in [6, 6.07) is 8.58. The van der Waals surface area contributed by atoms with Gasteiger partial charge in [0.05, 0.1) is 34.7 Å². The van der Waals surface area contributed by atoms with Gasteiger partial charge in [0, 0.05) is 36.7 Å². The van der Waals surface area contributed by atoms with Crippen LogP contribution >= 0.6 is 0 Å². The zero-order valence-electron chi connectivity index (χ0n) is 22.1. The molecule has 0 fully saturated rings. The number of benzene rings is 1. The van der Waals surface area contributed by atoms with Crippen LogP contribution in [0.3, 0.4) is 0 Å². The smallest absolute Gasteiger partial charge is 0.254 e. The molecule has 204 valence electrons. The van der Waals surface area contributed by atoms with Crippen molar-refractivity contribution in [1.82, 2.24) is 20.0 Å². The normalized spacial score (nSPS) is 16.9. The fourth-order valence-electron chi connectivity index (χ4n) is 4.86. The van der Waals surface area contributed by atoms with E-state index in [1.165, 1.54) is 17.1 Å². The monoisotopic (exact) mass is 536 g/mol. The Kier molecular flexibility index (Phi) is 7.16. The van der Waals surface area contributed by atoms with Crippen LogP contribution in [0.5, 0.6) is 5.75 Å². The first kappa shape index (κ1) is 26.5. The van der Waals surface area contributed by atoms with Crippen LogP contribution in [0.4, 0.5) is 8.78 Å². The van der Waals surface area contributed by atoms with Gasteiger partial charge in [0.2, 0.25) is 11.7 Å². The second-order valence-corrected chi connectivity index (χ2v) is 10.1. The van der Waals surface area contributed by atoms with E-state index in [9.17, 15) is 18.4 Å². The summed E-state index contributed by atoms with van der Waals surface area (Å²) >= 11 is 0. The molecular formula is C28H30F2N6O3. The summed E-state index contributed by atoms with van der Waals surface area (Å²) in [5.41, 5.74) is 5.14. The average Bonchev–Trinajstić information content (AvgIpc) is 3.40. The summed E-state index contributed by atoms with van der Waals surface area (Å²) in [7, 11) is 0. The van der Waals surface area contributed by atoms with Crippen molar-refractivity contribution in [3.8, 4) is 5.75 Å². The predicted molar refractivity (Wildman–Crippen MR) is 142 cm³/mol. The summed E-state index contributed by atoms with van der Waals surface area (Å²) < 4.78 is 36.6. The molecule has 0 bridgehead atoms. The summed E-state index contributed by atoms with van der Waals surface area (Å²) in [4.78, 5) is 24.5. The molecular weight excluding hydrogens is 506 g/mol. The van der Waals surface area contributed by atoms with E-state index in [-0.39, 0.29) is 48.3 Å². The molecule has 0 unspecified atom stereocenters. The van der Waals surface area contributed by atoms with Crippen molar-refractivity contribution in [2.24, 2.45) is 15.6 Å². The number of halogens is 2. The molecule has 2 aliphatic heterocycles. The molecule has 2 aliphatic rings. The summed E-state index contributed by atoms with van der Waals surface area (Å²) in [5.74, 6) is -2.72. The van der Waals surface area contributed by atoms with E-state index in [2.05, 4.69) is 15.6 Å². The number of hydrogen-bond acceptors (Lipinski definition) is 6. The molecule has 1 N–H and O–H groups in total. The largest absolute Gasteiger partial charge is 0.490 e. The highest BCUT2D eigenvalue weighted by Crippen LogP contribution is 2.35. The van der Waals surface area contributed by atoms with E-state index >= 15 is 0 Å². The Hall–Kier alpha value is -4.15. The molecule has 0 saturated heterocycles. The van der Waals surface area contributed by atoms with Crippen molar-refractivity contribution in [3.05, 3.63) is 65.0 Å². The number of fused-ring (bicyclic) bond motifs is 1. The third-order valence-corrected chi connectivity index (χ3v) is 7.05. The number of pyridine rings is 1. The van der Waals surface area contributed by atoms with Crippen molar-refractivity contribution in [3.63, 3.8) is 0 Å². The lowest BCUT2D eigenvalue weighted by Gasteiger charge is -2.19. The molecule has 0 saturated carbocycles. The van der Waals surface area contributed by atoms with Gasteiger partial charge >= 0.3 is 0 Å². The number of aryl methyl sites for hydroxylation is 1. The van der Waals surface area contributed by atoms with Crippen molar-refractivity contribution in [1.29, 1.82) is 0 Å². The third kappa shape index (κ3) is 4.88. The van der Waals surface area contributed by atoms with Gasteiger partial charge in [-0.15, -0.1) is 0 Å². The molecule has 0 aliphatic carbocycles. The first-order valence-corrected chi connectivity index (χ1v) is 13.1. The highest BCUT2D eigenvalue weighted by Gasteiger charge is 2.45. The standard InChI is InChI=1S/C28H30F2N6O3/c1-4-18-23(20-9-5-6-14-35(20)33-18)26-28(2,3)27(38)36(34-26)15-7-8-16-39-21-12-10-17(24(29)25(21)30)19-11-13-22(37)32-31-19/h5-6,9-10,12,14H,4,7-8,11,13,15-16H2,1-3H3,(H,32,37). The molecule has 0 spiro atoms. The van der Waals surface area contributed by atoms with Crippen molar-refractivity contribution >= 4 is 28.8 Å². The molecule has 0 atom stereocenters. The SMILES string of the molecule is CCc1nn2ccccc2c1C1=NN(CCCCOc2ccc(C3=NNC(=O)CC3)c(F)c2F)C(=O)C1(C)C. The first-order chi connectivity index (χ1) is 18.7. The quantitative estimate of drug-likeness (QED) is 0.414. The molecule has 4 heterocycles. The minimum absolute atomic E-state index is 0.00103. The maximum Gasteiger partial charge on any atom is 0.254 e. The molecule has 5 rings (SSSR count). The maximum absolute atomic E-state index is 14.6. The lowest BCUT2D eigenvalue weighted by Crippen LogP contribution is -2.35. The van der Waals surface area contributed by atoms with Crippen LogP contribution in [-0.2, 0) is 16.0 Å². The fraction of sp³-hybridized carbons (Fsp3) is 0.393. The number of nitrogens with zero attached hydrogens (tertiary/aromatic N) is 5. The van der Waals surface area contributed by atoms with Gasteiger partial charge in [0.1, 0.15) is 0 Å². The Morgan fingerprint density at radius 1 is 1.08 bits per heavy atom. The van der Waals surface area contributed by atoms with Gasteiger partial charge in [0.15, 0.2) is 11.6 Å². The van der Waals surface area contributed by atoms with Crippen LogP contribution in [-0.4, -0.2) is 51.0 Å². The second kappa shape index (κ2) is 10.5. The van der Waals surface area contributed by atoms with Gasteiger partial charge in [-0.05, 0) is 57.4 Å². The number of ether oxygens (including phenoxy) is 1. The molecule has 1 aromatic carbocycles. The predicted octanol–water partition coefficient (Wildman–Crippen LogP) is 4.22. The Balaban J connectivity index is 1.22. The molecule has 0 radical (unpaired) electrons. The van der Waals surface area contributed by atoms with Crippen molar-refractivity contribution < 1.29 is 23.1 Å². The zero-order valence-corrected chi connectivity index (χ0v) is 22.1. The minimum Gasteiger partial charge on any atom is -0.490 e. The van der Waals surface area contributed by atoms with Gasteiger partial charge in [-0.2, -0.15) is 19.7 Å². The van der Waals surface area contributed by atoms with Crippen LogP contribution in [0, 0.1) is 17.0 Å². The number of nitrogens with one attached hydrogen (secondary N) is 1. The number of carbonyl (C=O) groups excluding carboxylic acids is 2. The van der Waals surface area contributed by atoms with E-state index in [1.807, 2.05) is 49.7 Å². The summed E-state index contributed by atoms with van der Waals surface area (Å²) in [6.45, 7) is 6.28. The second-order valence-electron chi connectivity index (χ2n) is 10.1. The molecule has 11 heteroatoms. The summed E-state index contributed by atoms with van der Waals surface area (Å²) in [5, 5.41) is 14.7. The molecule has 9 nitrogen and oxygen atoms in total. The summed E-state index contributed by atoms with van der Waals surface area (Å²) in [6.07, 6.45) is 4.06. The van der Waals surface area contributed by atoms with Crippen molar-refractivity contribution in [2.45, 2.75) is 52.9 Å². The Bertz CT molecular complexity index is 1510. The molecule has 2 aromatic heterocycles. The highest BCUT2D eigenvalue weighted by atomic mass is 19.2. The van der Waals surface area contributed by atoms with E-state index in [0.717, 1.165) is 16.8 Å². The molecule has 3 aromatic rings. The number of aromatic nitrogens is 2. The van der Waals surface area contributed by atoms with Crippen molar-refractivity contribution in [2.75, 3.05) is 13.2 Å². The van der Waals surface area contributed by atoms with Gasteiger partial charge in [-0.1, -0.05) is 13.0 Å². The Labute approximate surface area is 224 Å². The number of hydrazone groups is 2. The number of carbonyl (C=O) groups is 2.